The highest BCUT2D eigenvalue weighted by Gasteiger charge is 2.14. The number of nitrogens with zero attached hydrogens (tertiary/aromatic N) is 2. The Labute approximate surface area is 101 Å². The smallest absolute Gasteiger partial charge is 0.254 e. The van der Waals surface area contributed by atoms with Crippen molar-refractivity contribution in [2.45, 2.75) is 27.2 Å². The predicted octanol–water partition coefficient (Wildman–Crippen LogP) is 2.92. The Morgan fingerprint density at radius 3 is 2.62 bits per heavy atom. The van der Waals surface area contributed by atoms with Crippen molar-refractivity contribution >= 4 is 17.5 Å². The lowest BCUT2D eigenvalue weighted by molar-refractivity contribution is 0.0764. The second-order valence-electron chi connectivity index (χ2n) is 3.70. The Hall–Kier alpha value is -1.09. The number of pyridine rings is 1. The van der Waals surface area contributed by atoms with Crippen molar-refractivity contribution in [3.05, 3.63) is 28.5 Å². The van der Waals surface area contributed by atoms with Gasteiger partial charge in [0.15, 0.2) is 0 Å². The van der Waals surface area contributed by atoms with E-state index < -0.39 is 0 Å². The van der Waals surface area contributed by atoms with Crippen molar-refractivity contribution in [3.63, 3.8) is 0 Å². The number of amides is 1. The zero-order chi connectivity index (χ0) is 12.1. The van der Waals surface area contributed by atoms with E-state index in [2.05, 4.69) is 11.9 Å². The van der Waals surface area contributed by atoms with Crippen molar-refractivity contribution in [2.24, 2.45) is 0 Å². The van der Waals surface area contributed by atoms with Crippen LogP contribution in [0.1, 0.15) is 36.3 Å². The van der Waals surface area contributed by atoms with Gasteiger partial charge in [-0.3, -0.25) is 4.79 Å². The number of aryl methyl sites for hydroxylation is 1. The monoisotopic (exact) mass is 240 g/mol. The molecule has 1 amide bonds. The zero-order valence-electron chi connectivity index (χ0n) is 9.96. The van der Waals surface area contributed by atoms with Crippen molar-refractivity contribution in [3.8, 4) is 0 Å². The van der Waals surface area contributed by atoms with Gasteiger partial charge in [0.2, 0.25) is 0 Å². The third kappa shape index (κ3) is 3.20. The summed E-state index contributed by atoms with van der Waals surface area (Å²) in [6.45, 7) is 7.35. The Morgan fingerprint density at radius 1 is 1.44 bits per heavy atom. The summed E-state index contributed by atoms with van der Waals surface area (Å²) in [4.78, 5) is 18.0. The molecular weight excluding hydrogens is 224 g/mol. The van der Waals surface area contributed by atoms with Crippen LogP contribution >= 0.6 is 11.6 Å². The molecule has 1 rings (SSSR count). The van der Waals surface area contributed by atoms with Gasteiger partial charge in [0.1, 0.15) is 5.15 Å². The first-order valence-corrected chi connectivity index (χ1v) is 5.89. The van der Waals surface area contributed by atoms with Crippen LogP contribution in [0.15, 0.2) is 12.1 Å². The zero-order valence-corrected chi connectivity index (χ0v) is 10.7. The molecule has 4 heteroatoms. The maximum absolute atomic E-state index is 12.1. The largest absolute Gasteiger partial charge is 0.339 e. The molecule has 0 aromatic carbocycles. The molecule has 0 fully saturated rings. The third-order valence-electron chi connectivity index (χ3n) is 2.33. The molecule has 88 valence electrons. The van der Waals surface area contributed by atoms with E-state index in [9.17, 15) is 4.79 Å². The van der Waals surface area contributed by atoms with Crippen LogP contribution in [0.5, 0.6) is 0 Å². The van der Waals surface area contributed by atoms with Crippen molar-refractivity contribution in [1.82, 2.24) is 9.88 Å². The van der Waals surface area contributed by atoms with E-state index in [1.165, 1.54) is 0 Å². The average molecular weight is 241 g/mol. The van der Waals surface area contributed by atoms with Gasteiger partial charge in [0.25, 0.3) is 5.91 Å². The molecule has 3 nitrogen and oxygen atoms in total. The van der Waals surface area contributed by atoms with Crippen molar-refractivity contribution in [1.29, 1.82) is 0 Å². The van der Waals surface area contributed by atoms with Crippen LogP contribution < -0.4 is 0 Å². The molecule has 0 atom stereocenters. The number of halogens is 1. The van der Waals surface area contributed by atoms with E-state index in [-0.39, 0.29) is 5.91 Å². The van der Waals surface area contributed by atoms with E-state index in [0.717, 1.165) is 18.7 Å². The highest BCUT2D eigenvalue weighted by atomic mass is 35.5. The maximum Gasteiger partial charge on any atom is 0.254 e. The van der Waals surface area contributed by atoms with E-state index in [0.29, 0.717) is 17.3 Å². The van der Waals surface area contributed by atoms with Crippen LogP contribution in [0.25, 0.3) is 0 Å². The summed E-state index contributed by atoms with van der Waals surface area (Å²) in [7, 11) is 0. The van der Waals surface area contributed by atoms with Gasteiger partial charge in [0.05, 0.1) is 0 Å². The van der Waals surface area contributed by atoms with Gasteiger partial charge in [-0.05, 0) is 32.4 Å². The molecule has 0 aliphatic rings. The quantitative estimate of drug-likeness (QED) is 0.759. The molecular formula is C12H17ClN2O. The Bertz CT molecular complexity index is 359. The van der Waals surface area contributed by atoms with E-state index >= 15 is 0 Å². The molecule has 16 heavy (non-hydrogen) atoms. The maximum atomic E-state index is 12.1. The summed E-state index contributed by atoms with van der Waals surface area (Å²) in [6, 6.07) is 3.39. The summed E-state index contributed by atoms with van der Waals surface area (Å²) in [6.07, 6.45) is 0.956. The fourth-order valence-electron chi connectivity index (χ4n) is 1.61. The molecule has 0 aliphatic heterocycles. The van der Waals surface area contributed by atoms with Crippen LogP contribution in [0.2, 0.25) is 5.15 Å². The van der Waals surface area contributed by atoms with E-state index in [1.807, 2.05) is 18.7 Å². The van der Waals surface area contributed by atoms with Gasteiger partial charge < -0.3 is 4.90 Å². The van der Waals surface area contributed by atoms with Gasteiger partial charge in [-0.15, -0.1) is 0 Å². The summed E-state index contributed by atoms with van der Waals surface area (Å²) in [5.74, 6) is 0.0248. The van der Waals surface area contributed by atoms with Crippen LogP contribution in [0, 0.1) is 6.92 Å². The second-order valence-corrected chi connectivity index (χ2v) is 4.09. The fraction of sp³-hybridized carbons (Fsp3) is 0.500. The molecule has 0 saturated carbocycles. The lowest BCUT2D eigenvalue weighted by atomic mass is 10.2. The van der Waals surface area contributed by atoms with Gasteiger partial charge in [0, 0.05) is 24.3 Å². The standard InChI is InChI=1S/C12H17ClN2O/c1-4-6-15(5-2)12(16)10-7-9(3)14-11(13)8-10/h7-8H,4-6H2,1-3H3. The highest BCUT2D eigenvalue weighted by Crippen LogP contribution is 2.12. The number of hydrogen-bond acceptors (Lipinski definition) is 2. The second kappa shape index (κ2) is 5.85. The van der Waals surface area contributed by atoms with E-state index in [4.69, 9.17) is 11.6 Å². The van der Waals surface area contributed by atoms with Crippen molar-refractivity contribution in [2.75, 3.05) is 13.1 Å². The van der Waals surface area contributed by atoms with Gasteiger partial charge in [-0.25, -0.2) is 4.98 Å². The first-order chi connectivity index (χ1) is 7.58. The number of hydrogen-bond donors (Lipinski definition) is 0. The summed E-state index contributed by atoms with van der Waals surface area (Å²) in [5, 5.41) is 0.371. The normalized spacial score (nSPS) is 10.2. The molecule has 1 aromatic heterocycles. The third-order valence-corrected chi connectivity index (χ3v) is 2.53. The molecule has 1 heterocycles. The van der Waals surface area contributed by atoms with Crippen molar-refractivity contribution < 1.29 is 4.79 Å². The highest BCUT2D eigenvalue weighted by molar-refractivity contribution is 6.29. The number of rotatable bonds is 4. The van der Waals surface area contributed by atoms with Gasteiger partial charge in [-0.1, -0.05) is 18.5 Å². The van der Waals surface area contributed by atoms with E-state index in [1.54, 1.807) is 12.1 Å². The molecule has 0 aliphatic carbocycles. The molecule has 0 N–H and O–H groups in total. The Kier molecular flexibility index (Phi) is 4.74. The first kappa shape index (κ1) is 13.0. The number of carbonyl (C=O) groups excluding carboxylic acids is 1. The minimum absolute atomic E-state index is 0.0248. The lowest BCUT2D eigenvalue weighted by Crippen LogP contribution is -2.31. The molecule has 0 saturated heterocycles. The minimum atomic E-state index is 0.0248. The predicted molar refractivity (Wildman–Crippen MR) is 65.9 cm³/mol. The molecule has 0 spiro atoms. The van der Waals surface area contributed by atoms with Crippen LogP contribution in [-0.4, -0.2) is 28.9 Å². The summed E-state index contributed by atoms with van der Waals surface area (Å²) >= 11 is 5.84. The van der Waals surface area contributed by atoms with Gasteiger partial charge >= 0.3 is 0 Å². The minimum Gasteiger partial charge on any atom is -0.339 e. The fourth-order valence-corrected chi connectivity index (χ4v) is 1.86. The first-order valence-electron chi connectivity index (χ1n) is 5.52. The SMILES string of the molecule is CCCN(CC)C(=O)c1cc(C)nc(Cl)c1. The Balaban J connectivity index is 2.94. The molecule has 0 unspecified atom stereocenters. The van der Waals surface area contributed by atoms with Crippen LogP contribution in [0.3, 0.4) is 0 Å². The molecule has 1 aromatic rings. The van der Waals surface area contributed by atoms with Crippen LogP contribution in [-0.2, 0) is 0 Å². The number of aromatic nitrogens is 1. The molecule has 0 radical (unpaired) electrons. The van der Waals surface area contributed by atoms with Crippen LogP contribution in [0.4, 0.5) is 0 Å². The summed E-state index contributed by atoms with van der Waals surface area (Å²) in [5.41, 5.74) is 1.39. The average Bonchev–Trinajstić information content (AvgIpc) is 2.23. The molecule has 0 bridgehead atoms. The summed E-state index contributed by atoms with van der Waals surface area (Å²) < 4.78 is 0. The van der Waals surface area contributed by atoms with Gasteiger partial charge in [-0.2, -0.15) is 0 Å². The topological polar surface area (TPSA) is 33.2 Å². The lowest BCUT2D eigenvalue weighted by Gasteiger charge is -2.20. The number of carbonyl (C=O) groups is 1. The Morgan fingerprint density at radius 2 is 2.12 bits per heavy atom.